The lowest BCUT2D eigenvalue weighted by molar-refractivity contribution is 1.66. The van der Waals surface area contributed by atoms with Crippen molar-refractivity contribution in [3.05, 3.63) is 35.4 Å². The smallest absolute Gasteiger partial charge is 0.00399 e. The van der Waals surface area contributed by atoms with Gasteiger partial charge in [-0.15, -0.1) is 0 Å². The van der Waals surface area contributed by atoms with E-state index in [2.05, 4.69) is 61.8 Å². The van der Waals surface area contributed by atoms with Gasteiger partial charge in [0.1, 0.15) is 0 Å². The summed E-state index contributed by atoms with van der Waals surface area (Å²) in [5.74, 6) is 0. The monoisotopic (exact) mass is 218 g/mol. The van der Waals surface area contributed by atoms with Crippen molar-refractivity contribution >= 4 is 28.2 Å². The third-order valence-corrected chi connectivity index (χ3v) is 3.67. The minimum Gasteiger partial charge on any atom is -0.0752 e. The molecule has 1 aromatic rings. The fourth-order valence-electron chi connectivity index (χ4n) is 1.36. The molecule has 0 fully saturated rings. The van der Waals surface area contributed by atoms with Gasteiger partial charge in [0.15, 0.2) is 0 Å². The molecule has 0 aliphatic heterocycles. The van der Waals surface area contributed by atoms with Gasteiger partial charge in [0.25, 0.3) is 0 Å². The van der Waals surface area contributed by atoms with Crippen LogP contribution in [0.5, 0.6) is 0 Å². The summed E-state index contributed by atoms with van der Waals surface area (Å²) in [4.78, 5) is 0. The van der Waals surface area contributed by atoms with Gasteiger partial charge in [-0.2, -0.15) is 0 Å². The maximum absolute atomic E-state index is 2.39. The normalized spacial score (nSPS) is 9.43. The van der Waals surface area contributed by atoms with Gasteiger partial charge in [-0.05, 0) is 11.1 Å². The molecule has 0 saturated carbocycles. The van der Waals surface area contributed by atoms with Gasteiger partial charge >= 0.3 is 0 Å². The third kappa shape index (κ3) is 4.07. The van der Waals surface area contributed by atoms with E-state index in [1.54, 1.807) is 0 Å². The van der Waals surface area contributed by atoms with Gasteiger partial charge in [-0.1, -0.05) is 61.8 Å². The van der Waals surface area contributed by atoms with Gasteiger partial charge in [0, 0.05) is 16.8 Å². The molecule has 0 nitrogen and oxygen atoms in total. The largest absolute Gasteiger partial charge is 0.0752 e. The second-order valence-electron chi connectivity index (χ2n) is 4.11. The molecule has 0 radical (unpaired) electrons. The first kappa shape index (κ1) is 11.5. The Bertz CT molecular complexity index is 313. The second kappa shape index (κ2) is 5.32. The second-order valence-corrected chi connectivity index (χ2v) is 9.00. The van der Waals surface area contributed by atoms with Gasteiger partial charge < -0.3 is 0 Å². The molecule has 0 N–H and O–H groups in total. The average Bonchev–Trinajstić information content (AvgIpc) is 2.06. The highest BCUT2D eigenvalue weighted by Gasteiger charge is 1.89. The SMILES string of the molecule is C[Si](C)=Cc1ccc(C=[Si](C)C)cc1. The minimum atomic E-state index is -0.251. The van der Waals surface area contributed by atoms with Crippen LogP contribution in [0.25, 0.3) is 0 Å². The van der Waals surface area contributed by atoms with Crippen LogP contribution < -0.4 is 0 Å². The molecule has 0 aliphatic rings. The van der Waals surface area contributed by atoms with Crippen molar-refractivity contribution in [3.63, 3.8) is 0 Å². The van der Waals surface area contributed by atoms with Crippen molar-refractivity contribution in [2.75, 3.05) is 0 Å². The highest BCUT2D eigenvalue weighted by Crippen LogP contribution is 2.00. The average molecular weight is 218 g/mol. The molecule has 0 spiro atoms. The zero-order valence-electron chi connectivity index (χ0n) is 9.46. The van der Waals surface area contributed by atoms with E-state index in [1.807, 2.05) is 0 Å². The Hall–Kier alpha value is -0.606. The van der Waals surface area contributed by atoms with E-state index in [0.29, 0.717) is 0 Å². The van der Waals surface area contributed by atoms with Crippen molar-refractivity contribution in [2.45, 2.75) is 26.2 Å². The van der Waals surface area contributed by atoms with Crippen LogP contribution in [0.15, 0.2) is 24.3 Å². The summed E-state index contributed by atoms with van der Waals surface area (Å²) >= 11 is 0. The van der Waals surface area contributed by atoms with E-state index in [4.69, 9.17) is 0 Å². The van der Waals surface area contributed by atoms with Crippen molar-refractivity contribution in [1.29, 1.82) is 0 Å². The summed E-state index contributed by atoms with van der Waals surface area (Å²) in [6, 6.07) is 8.92. The summed E-state index contributed by atoms with van der Waals surface area (Å²) in [7, 11) is -0.502. The summed E-state index contributed by atoms with van der Waals surface area (Å²) in [5, 5.41) is 0. The molecule has 1 rings (SSSR count). The minimum absolute atomic E-state index is 0.251. The highest BCUT2D eigenvalue weighted by atomic mass is 28.2. The van der Waals surface area contributed by atoms with Crippen molar-refractivity contribution in [2.24, 2.45) is 0 Å². The zero-order chi connectivity index (χ0) is 10.6. The molecule has 1 aromatic carbocycles. The molecule has 0 bridgehead atoms. The lowest BCUT2D eigenvalue weighted by Gasteiger charge is -1.97. The Labute approximate surface area is 90.1 Å². The molecule has 0 amide bonds. The topological polar surface area (TPSA) is 0 Å². The Morgan fingerprint density at radius 3 is 1.21 bits per heavy atom. The zero-order valence-corrected chi connectivity index (χ0v) is 11.5. The van der Waals surface area contributed by atoms with Gasteiger partial charge in [0.2, 0.25) is 0 Å². The molecule has 14 heavy (non-hydrogen) atoms. The van der Waals surface area contributed by atoms with Crippen LogP contribution in [0.3, 0.4) is 0 Å². The van der Waals surface area contributed by atoms with Gasteiger partial charge in [0.05, 0.1) is 0 Å². The van der Waals surface area contributed by atoms with E-state index in [9.17, 15) is 0 Å². The Morgan fingerprint density at radius 1 is 0.714 bits per heavy atom. The molecule has 0 heterocycles. The van der Waals surface area contributed by atoms with Crippen molar-refractivity contribution < 1.29 is 0 Å². The summed E-state index contributed by atoms with van der Waals surface area (Å²) in [6.07, 6.45) is 0. The molecule has 0 unspecified atom stereocenters. The van der Waals surface area contributed by atoms with E-state index in [-0.39, 0.29) is 16.8 Å². The highest BCUT2D eigenvalue weighted by molar-refractivity contribution is 6.66. The van der Waals surface area contributed by atoms with Crippen LogP contribution in [0, 0.1) is 0 Å². The first-order chi connectivity index (χ1) is 6.58. The summed E-state index contributed by atoms with van der Waals surface area (Å²) < 4.78 is 0. The lowest BCUT2D eigenvalue weighted by atomic mass is 10.2. The Kier molecular flexibility index (Phi) is 4.36. The van der Waals surface area contributed by atoms with E-state index < -0.39 is 0 Å². The maximum Gasteiger partial charge on any atom is 0.00399 e. The summed E-state index contributed by atoms with van der Waals surface area (Å²) in [5.41, 5.74) is 7.53. The Balaban J connectivity index is 2.89. The van der Waals surface area contributed by atoms with Crippen LogP contribution in [0.1, 0.15) is 11.1 Å². The fourth-order valence-corrected chi connectivity index (χ4v) is 3.07. The van der Waals surface area contributed by atoms with Gasteiger partial charge in [-0.3, -0.25) is 0 Å². The Morgan fingerprint density at radius 2 is 1.00 bits per heavy atom. The number of hydrogen-bond acceptors (Lipinski definition) is 0. The van der Waals surface area contributed by atoms with Crippen LogP contribution in [0.2, 0.25) is 26.2 Å². The number of hydrogen-bond donors (Lipinski definition) is 0. The number of rotatable bonds is 2. The molecule has 0 atom stereocenters. The predicted octanol–water partition coefficient (Wildman–Crippen LogP) is 2.66. The van der Waals surface area contributed by atoms with Crippen LogP contribution >= 0.6 is 0 Å². The molecule has 0 aliphatic carbocycles. The van der Waals surface area contributed by atoms with Crippen LogP contribution in [-0.4, -0.2) is 28.2 Å². The van der Waals surface area contributed by atoms with Crippen LogP contribution in [0.4, 0.5) is 0 Å². The maximum atomic E-state index is 2.39. The standard InChI is InChI=1S/C12H18Si2/c1-13(2)9-11-5-7-12(8-6-11)10-14(3)4/h5-10H,1-4H3. The molecule has 0 saturated heterocycles. The quantitative estimate of drug-likeness (QED) is 0.670. The molecule has 74 valence electrons. The summed E-state index contributed by atoms with van der Waals surface area (Å²) in [6.45, 7) is 9.24. The van der Waals surface area contributed by atoms with Gasteiger partial charge in [-0.25, -0.2) is 0 Å². The molecular formula is C12H18Si2. The van der Waals surface area contributed by atoms with Crippen molar-refractivity contribution in [1.82, 2.24) is 0 Å². The molecular weight excluding hydrogens is 200 g/mol. The predicted molar refractivity (Wildman–Crippen MR) is 71.7 cm³/mol. The molecule has 2 heteroatoms. The number of benzene rings is 1. The lowest BCUT2D eigenvalue weighted by Crippen LogP contribution is -1.96. The fraction of sp³-hybridized carbons (Fsp3) is 0.333. The first-order valence-electron chi connectivity index (χ1n) is 4.98. The van der Waals surface area contributed by atoms with E-state index >= 15 is 0 Å². The first-order valence-corrected chi connectivity index (χ1v) is 10.1. The van der Waals surface area contributed by atoms with Crippen LogP contribution in [-0.2, 0) is 0 Å². The third-order valence-electron chi connectivity index (χ3n) is 1.85. The van der Waals surface area contributed by atoms with E-state index in [1.165, 1.54) is 11.1 Å². The molecule has 0 aromatic heterocycles. The van der Waals surface area contributed by atoms with E-state index in [0.717, 1.165) is 0 Å². The van der Waals surface area contributed by atoms with Crippen molar-refractivity contribution in [3.8, 4) is 0 Å².